The summed E-state index contributed by atoms with van der Waals surface area (Å²) in [5.74, 6) is -0.426. The van der Waals surface area contributed by atoms with Gasteiger partial charge < -0.3 is 20.3 Å². The van der Waals surface area contributed by atoms with Crippen LogP contribution in [0, 0.1) is 0 Å². The van der Waals surface area contributed by atoms with Crippen LogP contribution in [0.15, 0.2) is 18.2 Å². The number of rotatable bonds is 6. The molecule has 154 valence electrons. The summed E-state index contributed by atoms with van der Waals surface area (Å²) in [5, 5.41) is 8.66. The van der Waals surface area contributed by atoms with Crippen molar-refractivity contribution >= 4 is 22.2 Å². The van der Waals surface area contributed by atoms with Gasteiger partial charge in [-0.05, 0) is 23.0 Å². The van der Waals surface area contributed by atoms with Crippen LogP contribution in [0.3, 0.4) is 0 Å². The predicted octanol–water partition coefficient (Wildman–Crippen LogP) is 2.36. The molecule has 1 aromatic rings. The molecule has 0 saturated heterocycles. The minimum absolute atomic E-state index is 0.169. The number of ether oxygens (including phenoxy) is 2. The molecule has 0 aliphatic carbocycles. The topological polar surface area (TPSA) is 153 Å². The number of nitrogens with two attached hydrogens (primary N) is 1. The predicted molar refractivity (Wildman–Crippen MR) is 99.7 cm³/mol. The van der Waals surface area contributed by atoms with Crippen LogP contribution in [-0.2, 0) is 19.6 Å². The fourth-order valence-electron chi connectivity index (χ4n) is 1.94. The van der Waals surface area contributed by atoms with Gasteiger partial charge in [0.1, 0.15) is 18.4 Å². The van der Waals surface area contributed by atoms with Gasteiger partial charge in [-0.3, -0.25) is 9.35 Å². The molecule has 0 fully saturated rings. The van der Waals surface area contributed by atoms with Gasteiger partial charge in [0.25, 0.3) is 10.1 Å². The molecule has 0 aliphatic heterocycles. The van der Waals surface area contributed by atoms with E-state index in [2.05, 4.69) is 0 Å². The molecule has 0 unspecified atom stereocenters. The first kappa shape index (κ1) is 24.8. The van der Waals surface area contributed by atoms with Gasteiger partial charge in [-0.15, -0.1) is 0 Å². The third-order valence-electron chi connectivity index (χ3n) is 3.20. The Balaban J connectivity index is 0.00000119. The lowest BCUT2D eigenvalue weighted by molar-refractivity contribution is -0.139. The van der Waals surface area contributed by atoms with E-state index in [0.29, 0.717) is 12.0 Å². The van der Waals surface area contributed by atoms with Gasteiger partial charge in [-0.2, -0.15) is 8.42 Å². The third-order valence-corrected chi connectivity index (χ3v) is 3.20. The van der Waals surface area contributed by atoms with Crippen LogP contribution >= 0.6 is 0 Å². The Morgan fingerprint density at radius 2 is 1.52 bits per heavy atom. The fraction of sp³-hybridized carbons (Fsp3) is 0.529. The number of benzene rings is 1. The second-order valence-corrected chi connectivity index (χ2v) is 7.88. The molecule has 0 radical (unpaired) electrons. The van der Waals surface area contributed by atoms with E-state index in [1.54, 1.807) is 0 Å². The second-order valence-electron chi connectivity index (χ2n) is 6.42. The van der Waals surface area contributed by atoms with E-state index in [4.69, 9.17) is 24.9 Å². The minimum Gasteiger partial charge on any atom is -0.480 e. The zero-order valence-electron chi connectivity index (χ0n) is 16.0. The van der Waals surface area contributed by atoms with Crippen molar-refractivity contribution in [2.45, 2.75) is 45.6 Å². The molecular formula is C17H27NO8S. The van der Waals surface area contributed by atoms with Gasteiger partial charge in [-0.1, -0.05) is 45.9 Å². The van der Waals surface area contributed by atoms with E-state index < -0.39 is 34.9 Å². The maximum absolute atomic E-state index is 11.8. The van der Waals surface area contributed by atoms with E-state index in [0.717, 1.165) is 11.1 Å². The molecule has 0 spiro atoms. The summed E-state index contributed by atoms with van der Waals surface area (Å²) >= 11 is 0. The molecule has 1 rings (SSSR count). The Morgan fingerprint density at radius 3 is 1.85 bits per heavy atom. The maximum atomic E-state index is 11.8. The lowest BCUT2D eigenvalue weighted by Gasteiger charge is -2.18. The quantitative estimate of drug-likeness (QED) is 0.367. The second kappa shape index (κ2) is 10.9. The number of carboxylic acid groups (broad SMARTS) is 1. The summed E-state index contributed by atoms with van der Waals surface area (Å²) in [6.07, 6.45) is -0.237. The zero-order valence-corrected chi connectivity index (χ0v) is 16.8. The van der Waals surface area contributed by atoms with Crippen LogP contribution in [0.1, 0.15) is 50.7 Å². The van der Waals surface area contributed by atoms with Crippen LogP contribution in [0.5, 0.6) is 5.75 Å². The molecule has 0 heterocycles. The molecule has 4 N–H and O–H groups in total. The SMILES string of the molecule is CC(C)c1cccc(C(C)C)c1OC(=O)OC[C@H](N)C(=O)O.CS(=O)(=O)O. The summed E-state index contributed by atoms with van der Waals surface area (Å²) in [6.45, 7) is 7.56. The van der Waals surface area contributed by atoms with Gasteiger partial charge in [0, 0.05) is 0 Å². The lowest BCUT2D eigenvalue weighted by atomic mass is 9.94. The van der Waals surface area contributed by atoms with Crippen LogP contribution < -0.4 is 10.5 Å². The molecule has 0 aromatic heterocycles. The Hall–Kier alpha value is -2.17. The molecule has 0 bridgehead atoms. The largest absolute Gasteiger partial charge is 0.513 e. The van der Waals surface area contributed by atoms with Crippen LogP contribution in [0.25, 0.3) is 0 Å². The summed E-state index contributed by atoms with van der Waals surface area (Å²) in [5.41, 5.74) is 7.07. The van der Waals surface area contributed by atoms with E-state index in [1.807, 2.05) is 45.9 Å². The number of hydrogen-bond donors (Lipinski definition) is 3. The summed E-state index contributed by atoms with van der Waals surface area (Å²) < 4.78 is 36.0. The third kappa shape index (κ3) is 10.5. The highest BCUT2D eigenvalue weighted by atomic mass is 32.2. The van der Waals surface area contributed by atoms with Gasteiger partial charge in [0.05, 0.1) is 6.26 Å². The highest BCUT2D eigenvalue weighted by Crippen LogP contribution is 2.34. The average Bonchev–Trinajstić information content (AvgIpc) is 2.50. The van der Waals surface area contributed by atoms with E-state index in [9.17, 15) is 18.0 Å². The molecule has 9 nitrogen and oxygen atoms in total. The summed E-state index contributed by atoms with van der Waals surface area (Å²) in [6, 6.07) is 4.44. The summed E-state index contributed by atoms with van der Waals surface area (Å²) in [7, 11) is -3.67. The Labute approximate surface area is 159 Å². The van der Waals surface area contributed by atoms with Crippen molar-refractivity contribution in [1.29, 1.82) is 0 Å². The Kier molecular flexibility index (Phi) is 9.98. The molecule has 27 heavy (non-hydrogen) atoms. The molecular weight excluding hydrogens is 378 g/mol. The van der Waals surface area contributed by atoms with Crippen molar-refractivity contribution in [1.82, 2.24) is 0 Å². The monoisotopic (exact) mass is 405 g/mol. The maximum Gasteiger partial charge on any atom is 0.513 e. The number of aliphatic carboxylic acids is 1. The van der Waals surface area contributed by atoms with Crippen LogP contribution in [0.4, 0.5) is 4.79 Å². The smallest absolute Gasteiger partial charge is 0.480 e. The molecule has 1 aromatic carbocycles. The molecule has 0 amide bonds. The summed E-state index contributed by atoms with van der Waals surface area (Å²) in [4.78, 5) is 22.4. The standard InChI is InChI=1S/C16H23NO5.CH4O3S/c1-9(2)11-6-5-7-12(10(3)4)14(11)22-16(20)21-8-13(17)15(18)19;1-5(2,3)4/h5-7,9-10,13H,8,17H2,1-4H3,(H,18,19);1H3,(H,2,3,4)/t13-;/m0./s1. The van der Waals surface area contributed by atoms with Gasteiger partial charge in [0.2, 0.25) is 0 Å². The first-order valence-corrected chi connectivity index (χ1v) is 9.97. The van der Waals surface area contributed by atoms with Crippen LogP contribution in [-0.4, -0.2) is 49.1 Å². The highest BCUT2D eigenvalue weighted by molar-refractivity contribution is 7.85. The molecule has 1 atom stereocenters. The number of carboxylic acids is 1. The van der Waals surface area contributed by atoms with Gasteiger partial charge in [-0.25, -0.2) is 4.79 Å². The molecule has 0 saturated carbocycles. The van der Waals surface area contributed by atoms with Crippen molar-refractivity contribution in [3.63, 3.8) is 0 Å². The minimum atomic E-state index is -3.67. The van der Waals surface area contributed by atoms with Crippen molar-refractivity contribution in [2.75, 3.05) is 12.9 Å². The lowest BCUT2D eigenvalue weighted by Crippen LogP contribution is -2.36. The van der Waals surface area contributed by atoms with E-state index >= 15 is 0 Å². The van der Waals surface area contributed by atoms with E-state index in [-0.39, 0.29) is 11.8 Å². The van der Waals surface area contributed by atoms with Crippen LogP contribution in [0.2, 0.25) is 0 Å². The number of hydrogen-bond acceptors (Lipinski definition) is 7. The number of para-hydroxylation sites is 1. The first-order valence-electron chi connectivity index (χ1n) is 8.12. The molecule has 0 aliphatic rings. The van der Waals surface area contributed by atoms with E-state index in [1.165, 1.54) is 0 Å². The van der Waals surface area contributed by atoms with Gasteiger partial charge >= 0.3 is 12.1 Å². The number of carbonyl (C=O) groups excluding carboxylic acids is 1. The number of carbonyl (C=O) groups is 2. The van der Waals surface area contributed by atoms with Crippen molar-refractivity contribution in [3.8, 4) is 5.75 Å². The highest BCUT2D eigenvalue weighted by Gasteiger charge is 2.20. The Bertz CT molecular complexity index is 709. The van der Waals surface area contributed by atoms with Crippen molar-refractivity contribution in [2.24, 2.45) is 5.73 Å². The average molecular weight is 405 g/mol. The van der Waals surface area contributed by atoms with Crippen molar-refractivity contribution < 1.29 is 37.1 Å². The fourth-order valence-corrected chi connectivity index (χ4v) is 1.94. The van der Waals surface area contributed by atoms with Crippen molar-refractivity contribution in [3.05, 3.63) is 29.3 Å². The normalized spacial score (nSPS) is 12.2. The molecule has 10 heteroatoms. The zero-order chi connectivity index (χ0) is 21.4. The first-order chi connectivity index (χ1) is 12.2. The van der Waals surface area contributed by atoms with Gasteiger partial charge in [0.15, 0.2) is 0 Å². The Morgan fingerprint density at radius 1 is 1.11 bits per heavy atom.